The lowest BCUT2D eigenvalue weighted by Crippen LogP contribution is -2.29. The number of nitrogens with zero attached hydrogens (tertiary/aromatic N) is 2. The first-order valence-electron chi connectivity index (χ1n) is 9.63. The minimum atomic E-state index is -3.69. The van der Waals surface area contributed by atoms with Crippen molar-refractivity contribution in [2.45, 2.75) is 30.6 Å². The molecule has 0 unspecified atom stereocenters. The Morgan fingerprint density at radius 2 is 1.66 bits per heavy atom. The summed E-state index contributed by atoms with van der Waals surface area (Å²) in [6.45, 7) is 2.17. The Balaban J connectivity index is 1.61. The van der Waals surface area contributed by atoms with Gasteiger partial charge in [-0.1, -0.05) is 0 Å². The van der Waals surface area contributed by atoms with Gasteiger partial charge in [0.15, 0.2) is 0 Å². The number of nitriles is 1. The first-order valence-corrected chi connectivity index (χ1v) is 11.1. The number of piperidine rings is 1. The molecule has 0 radical (unpaired) electrons. The van der Waals surface area contributed by atoms with Crippen LogP contribution >= 0.6 is 0 Å². The van der Waals surface area contributed by atoms with Gasteiger partial charge in [-0.2, -0.15) is 5.26 Å². The van der Waals surface area contributed by atoms with Crippen LogP contribution in [0.25, 0.3) is 0 Å². The summed E-state index contributed by atoms with van der Waals surface area (Å²) in [5.74, 6) is -0.308. The Morgan fingerprint density at radius 3 is 2.28 bits per heavy atom. The summed E-state index contributed by atoms with van der Waals surface area (Å²) in [6.07, 6.45) is 3.78. The molecule has 0 aromatic heterocycles. The second-order valence-electron chi connectivity index (χ2n) is 6.88. The smallest absolute Gasteiger partial charge is 0.255 e. The van der Waals surface area contributed by atoms with Crippen LogP contribution in [0.5, 0.6) is 0 Å². The van der Waals surface area contributed by atoms with Gasteiger partial charge in [-0.25, -0.2) is 13.1 Å². The second kappa shape index (κ2) is 9.54. The fourth-order valence-corrected chi connectivity index (χ4v) is 4.25. The highest BCUT2D eigenvalue weighted by atomic mass is 32.2. The second-order valence-corrected chi connectivity index (χ2v) is 8.65. The summed E-state index contributed by atoms with van der Waals surface area (Å²) in [6, 6.07) is 15.3. The van der Waals surface area contributed by atoms with Crippen LogP contribution in [-0.4, -0.2) is 34.0 Å². The first-order chi connectivity index (χ1) is 14.0. The molecule has 1 heterocycles. The van der Waals surface area contributed by atoms with E-state index in [1.54, 1.807) is 0 Å². The summed E-state index contributed by atoms with van der Waals surface area (Å²) in [5.41, 5.74) is 2.20. The Kier molecular flexibility index (Phi) is 6.86. The fourth-order valence-electron chi connectivity index (χ4n) is 3.22. The van der Waals surface area contributed by atoms with E-state index in [1.807, 2.05) is 30.3 Å². The number of carbonyl (C=O) groups excluding carboxylic acids is 1. The van der Waals surface area contributed by atoms with Crippen molar-refractivity contribution in [3.05, 3.63) is 54.1 Å². The van der Waals surface area contributed by atoms with Crippen molar-refractivity contribution >= 4 is 27.3 Å². The highest BCUT2D eigenvalue weighted by molar-refractivity contribution is 7.89. The lowest BCUT2D eigenvalue weighted by molar-refractivity contribution is 0.102. The van der Waals surface area contributed by atoms with E-state index in [2.05, 4.69) is 14.9 Å². The van der Waals surface area contributed by atoms with E-state index in [1.165, 1.54) is 43.5 Å². The summed E-state index contributed by atoms with van der Waals surface area (Å²) in [7, 11) is -3.69. The highest BCUT2D eigenvalue weighted by Crippen LogP contribution is 2.22. The minimum absolute atomic E-state index is 0.0501. The molecule has 0 bridgehead atoms. The summed E-state index contributed by atoms with van der Waals surface area (Å²) in [5, 5.41) is 11.3. The van der Waals surface area contributed by atoms with Crippen molar-refractivity contribution in [2.24, 2.45) is 0 Å². The topological polar surface area (TPSA) is 102 Å². The van der Waals surface area contributed by atoms with Crippen molar-refractivity contribution in [3.8, 4) is 6.07 Å². The number of nitrogens with one attached hydrogen (secondary N) is 2. The lowest BCUT2D eigenvalue weighted by atomic mass is 10.1. The maximum Gasteiger partial charge on any atom is 0.255 e. The van der Waals surface area contributed by atoms with Crippen molar-refractivity contribution in [1.82, 2.24) is 4.72 Å². The molecule has 8 heteroatoms. The van der Waals surface area contributed by atoms with Crippen LogP contribution in [0.3, 0.4) is 0 Å². The quantitative estimate of drug-likeness (QED) is 0.680. The van der Waals surface area contributed by atoms with Crippen LogP contribution in [0.4, 0.5) is 11.4 Å². The number of anilines is 2. The Hall–Kier alpha value is -2.89. The molecule has 0 saturated carbocycles. The monoisotopic (exact) mass is 412 g/mol. The van der Waals surface area contributed by atoms with Gasteiger partial charge >= 0.3 is 0 Å². The normalized spacial score (nSPS) is 14.2. The number of carbonyl (C=O) groups is 1. The number of amides is 1. The van der Waals surface area contributed by atoms with E-state index < -0.39 is 10.0 Å². The van der Waals surface area contributed by atoms with E-state index in [0.717, 1.165) is 18.8 Å². The van der Waals surface area contributed by atoms with Gasteiger partial charge in [-0.3, -0.25) is 4.79 Å². The Morgan fingerprint density at radius 1 is 1.00 bits per heavy atom. The molecule has 3 rings (SSSR count). The zero-order valence-corrected chi connectivity index (χ0v) is 16.9. The third-order valence-electron chi connectivity index (χ3n) is 4.80. The minimum Gasteiger partial charge on any atom is -0.372 e. The third-order valence-corrected chi connectivity index (χ3v) is 6.28. The number of hydrogen-bond donors (Lipinski definition) is 2. The van der Waals surface area contributed by atoms with Crippen molar-refractivity contribution in [1.29, 1.82) is 5.26 Å². The third kappa shape index (κ3) is 5.56. The van der Waals surface area contributed by atoms with Gasteiger partial charge in [-0.15, -0.1) is 0 Å². The highest BCUT2D eigenvalue weighted by Gasteiger charge is 2.15. The van der Waals surface area contributed by atoms with E-state index in [9.17, 15) is 13.2 Å². The zero-order chi connectivity index (χ0) is 20.7. The van der Waals surface area contributed by atoms with Gasteiger partial charge in [-0.05, 0) is 67.8 Å². The summed E-state index contributed by atoms with van der Waals surface area (Å²) >= 11 is 0. The molecule has 0 spiro atoms. The Bertz CT molecular complexity index is 974. The van der Waals surface area contributed by atoms with Crippen LogP contribution in [-0.2, 0) is 10.0 Å². The predicted octanol–water partition coefficient (Wildman–Crippen LogP) is 3.12. The van der Waals surface area contributed by atoms with Crippen molar-refractivity contribution in [3.63, 3.8) is 0 Å². The van der Waals surface area contributed by atoms with E-state index in [0.29, 0.717) is 11.3 Å². The van der Waals surface area contributed by atoms with E-state index >= 15 is 0 Å². The molecule has 2 aromatic carbocycles. The standard InChI is InChI=1S/C21H24N4O3S/c22-13-4-14-23-29(27,28)20-11-5-17(6-12-20)21(26)24-18-7-9-19(10-8-18)25-15-2-1-3-16-25/h5-12,23H,1-4,14-16H2,(H,24,26). The molecule has 0 aliphatic carbocycles. The zero-order valence-electron chi connectivity index (χ0n) is 16.1. The average Bonchev–Trinajstić information content (AvgIpc) is 2.75. The molecule has 7 nitrogen and oxygen atoms in total. The van der Waals surface area contributed by atoms with Crippen LogP contribution in [0.15, 0.2) is 53.4 Å². The molecule has 1 aliphatic heterocycles. The number of rotatable bonds is 7. The number of hydrogen-bond acceptors (Lipinski definition) is 5. The van der Waals surface area contributed by atoms with Gasteiger partial charge in [0.05, 0.1) is 11.0 Å². The SMILES string of the molecule is N#CCCNS(=O)(=O)c1ccc(C(=O)Nc2ccc(N3CCCCC3)cc2)cc1. The largest absolute Gasteiger partial charge is 0.372 e. The molecule has 2 N–H and O–H groups in total. The molecule has 1 aliphatic rings. The average molecular weight is 413 g/mol. The summed E-state index contributed by atoms with van der Waals surface area (Å²) < 4.78 is 26.6. The molecule has 1 amide bonds. The van der Waals surface area contributed by atoms with E-state index in [-0.39, 0.29) is 23.8 Å². The van der Waals surface area contributed by atoms with Crippen LogP contribution < -0.4 is 14.9 Å². The maximum absolute atomic E-state index is 12.4. The molecule has 29 heavy (non-hydrogen) atoms. The first kappa shape index (κ1) is 20.8. The van der Waals surface area contributed by atoms with Gasteiger partial charge in [0.1, 0.15) is 0 Å². The lowest BCUT2D eigenvalue weighted by Gasteiger charge is -2.28. The maximum atomic E-state index is 12.4. The van der Waals surface area contributed by atoms with Crippen LogP contribution in [0, 0.1) is 11.3 Å². The van der Waals surface area contributed by atoms with Crippen LogP contribution in [0.2, 0.25) is 0 Å². The molecule has 1 saturated heterocycles. The summed E-state index contributed by atoms with van der Waals surface area (Å²) in [4.78, 5) is 14.8. The molecule has 152 valence electrons. The van der Waals surface area contributed by atoms with Gasteiger partial charge in [0.25, 0.3) is 5.91 Å². The molecular formula is C21H24N4O3S. The van der Waals surface area contributed by atoms with Crippen molar-refractivity contribution in [2.75, 3.05) is 29.9 Å². The number of benzene rings is 2. The van der Waals surface area contributed by atoms with Crippen molar-refractivity contribution < 1.29 is 13.2 Å². The van der Waals surface area contributed by atoms with Gasteiger partial charge in [0, 0.05) is 43.0 Å². The number of sulfonamides is 1. The fraction of sp³-hybridized carbons (Fsp3) is 0.333. The molecule has 2 aromatic rings. The predicted molar refractivity (Wildman–Crippen MR) is 112 cm³/mol. The van der Waals surface area contributed by atoms with Crippen LogP contribution in [0.1, 0.15) is 36.0 Å². The van der Waals surface area contributed by atoms with Gasteiger partial charge < -0.3 is 10.2 Å². The van der Waals surface area contributed by atoms with Gasteiger partial charge in [0.2, 0.25) is 10.0 Å². The molecular weight excluding hydrogens is 388 g/mol. The molecule has 1 fully saturated rings. The van der Waals surface area contributed by atoms with E-state index in [4.69, 9.17) is 5.26 Å². The molecule has 0 atom stereocenters. The Labute approximate surface area is 171 Å².